The van der Waals surface area contributed by atoms with Gasteiger partial charge < -0.3 is 4.74 Å². The van der Waals surface area contributed by atoms with Crippen molar-refractivity contribution in [2.45, 2.75) is 6.92 Å². The van der Waals surface area contributed by atoms with Gasteiger partial charge in [-0.1, -0.05) is 6.92 Å². The van der Waals surface area contributed by atoms with Gasteiger partial charge in [-0.15, -0.1) is 0 Å². The Morgan fingerprint density at radius 1 is 1.60 bits per heavy atom. The SMILES string of the molecule is CCN(C)CC(=O)COC. The molecule has 0 aliphatic heterocycles. The third-order valence-electron chi connectivity index (χ3n) is 1.29. The minimum absolute atomic E-state index is 0.131. The van der Waals surface area contributed by atoms with E-state index in [0.717, 1.165) is 6.54 Å². The van der Waals surface area contributed by atoms with Gasteiger partial charge in [-0.05, 0) is 13.6 Å². The summed E-state index contributed by atoms with van der Waals surface area (Å²) in [5.41, 5.74) is 0. The van der Waals surface area contributed by atoms with E-state index in [1.165, 1.54) is 7.11 Å². The number of hydrogen-bond acceptors (Lipinski definition) is 3. The van der Waals surface area contributed by atoms with E-state index in [-0.39, 0.29) is 12.4 Å². The van der Waals surface area contributed by atoms with E-state index in [2.05, 4.69) is 4.74 Å². The van der Waals surface area contributed by atoms with Crippen LogP contribution in [-0.2, 0) is 9.53 Å². The number of ether oxygens (including phenoxy) is 1. The van der Waals surface area contributed by atoms with E-state index >= 15 is 0 Å². The number of hydrogen-bond donors (Lipinski definition) is 0. The number of Topliss-reactive ketones (excluding diaryl/α,β-unsaturated/α-hetero) is 1. The van der Waals surface area contributed by atoms with Crippen molar-refractivity contribution in [3.05, 3.63) is 0 Å². The lowest BCUT2D eigenvalue weighted by atomic mass is 10.4. The van der Waals surface area contributed by atoms with E-state index in [4.69, 9.17) is 0 Å². The molecule has 0 atom stereocenters. The molecule has 0 aliphatic carbocycles. The van der Waals surface area contributed by atoms with Crippen LogP contribution in [0.5, 0.6) is 0 Å². The third kappa shape index (κ3) is 4.47. The number of carbonyl (C=O) groups is 1. The zero-order valence-electron chi connectivity index (χ0n) is 6.89. The van der Waals surface area contributed by atoms with Gasteiger partial charge in [0, 0.05) is 7.11 Å². The Hall–Kier alpha value is -0.410. The molecule has 0 unspecified atom stereocenters. The van der Waals surface area contributed by atoms with Crippen LogP contribution in [0.15, 0.2) is 0 Å². The molecule has 0 aliphatic rings. The Balaban J connectivity index is 3.37. The summed E-state index contributed by atoms with van der Waals surface area (Å²) in [7, 11) is 3.44. The van der Waals surface area contributed by atoms with E-state index in [1.54, 1.807) is 0 Å². The molecular weight excluding hydrogens is 130 g/mol. The first-order valence-corrected chi connectivity index (χ1v) is 3.39. The van der Waals surface area contributed by atoms with E-state index in [9.17, 15) is 4.79 Å². The quantitative estimate of drug-likeness (QED) is 0.551. The predicted octanol–water partition coefficient (Wildman–Crippen LogP) is 0.154. The van der Waals surface area contributed by atoms with Crippen molar-refractivity contribution in [1.29, 1.82) is 0 Å². The minimum Gasteiger partial charge on any atom is -0.377 e. The molecule has 3 heteroatoms. The molecule has 10 heavy (non-hydrogen) atoms. The first-order valence-electron chi connectivity index (χ1n) is 3.39. The van der Waals surface area contributed by atoms with Gasteiger partial charge in [0.25, 0.3) is 0 Å². The van der Waals surface area contributed by atoms with E-state index in [0.29, 0.717) is 6.54 Å². The summed E-state index contributed by atoms with van der Waals surface area (Å²) in [6.45, 7) is 3.63. The summed E-state index contributed by atoms with van der Waals surface area (Å²) in [6.07, 6.45) is 0. The van der Waals surface area contributed by atoms with Crippen molar-refractivity contribution in [3.8, 4) is 0 Å². The van der Waals surface area contributed by atoms with Gasteiger partial charge in [-0.2, -0.15) is 0 Å². The molecule has 3 nitrogen and oxygen atoms in total. The fourth-order valence-electron chi connectivity index (χ4n) is 0.619. The second-order valence-corrected chi connectivity index (χ2v) is 2.30. The van der Waals surface area contributed by atoms with Crippen molar-refractivity contribution in [1.82, 2.24) is 4.90 Å². The van der Waals surface area contributed by atoms with Crippen LogP contribution in [0.25, 0.3) is 0 Å². The summed E-state index contributed by atoms with van der Waals surface area (Å²) < 4.78 is 4.67. The molecule has 0 saturated carbocycles. The second kappa shape index (κ2) is 5.38. The zero-order valence-corrected chi connectivity index (χ0v) is 6.89. The first kappa shape index (κ1) is 9.59. The highest BCUT2D eigenvalue weighted by Crippen LogP contribution is 1.82. The average Bonchev–Trinajstić information content (AvgIpc) is 1.88. The van der Waals surface area contributed by atoms with Crippen molar-refractivity contribution in [2.24, 2.45) is 0 Å². The summed E-state index contributed by atoms with van der Waals surface area (Å²) in [6, 6.07) is 0. The Kier molecular flexibility index (Phi) is 5.16. The fourth-order valence-corrected chi connectivity index (χ4v) is 0.619. The average molecular weight is 145 g/mol. The van der Waals surface area contributed by atoms with Gasteiger partial charge in [0.2, 0.25) is 0 Å². The third-order valence-corrected chi connectivity index (χ3v) is 1.29. The van der Waals surface area contributed by atoms with E-state index in [1.807, 2.05) is 18.9 Å². The molecule has 0 aromatic rings. The Morgan fingerprint density at radius 3 is 2.60 bits per heavy atom. The summed E-state index contributed by atoms with van der Waals surface area (Å²) in [5, 5.41) is 0. The largest absolute Gasteiger partial charge is 0.377 e. The standard InChI is InChI=1S/C7H15NO2/c1-4-8(2)5-7(9)6-10-3/h4-6H2,1-3H3. The molecule has 0 bridgehead atoms. The summed E-state index contributed by atoms with van der Waals surface area (Å²) in [5.74, 6) is 0.131. The van der Waals surface area contributed by atoms with Crippen LogP contribution in [0, 0.1) is 0 Å². The second-order valence-electron chi connectivity index (χ2n) is 2.30. The van der Waals surface area contributed by atoms with Crippen molar-refractivity contribution in [3.63, 3.8) is 0 Å². The normalized spacial score (nSPS) is 10.4. The first-order chi connectivity index (χ1) is 4.70. The van der Waals surface area contributed by atoms with Crippen LogP contribution in [0.2, 0.25) is 0 Å². The van der Waals surface area contributed by atoms with Gasteiger partial charge in [0.05, 0.1) is 6.54 Å². The van der Waals surface area contributed by atoms with Gasteiger partial charge in [0.1, 0.15) is 6.61 Å². The Morgan fingerprint density at radius 2 is 2.20 bits per heavy atom. The number of likely N-dealkylation sites (N-methyl/N-ethyl adjacent to an activating group) is 1. The Bertz CT molecular complexity index is 104. The highest BCUT2D eigenvalue weighted by atomic mass is 16.5. The van der Waals surface area contributed by atoms with Gasteiger partial charge in [0.15, 0.2) is 5.78 Å². The molecule has 0 heterocycles. The molecule has 0 aromatic heterocycles. The van der Waals surface area contributed by atoms with Crippen LogP contribution in [-0.4, -0.2) is 44.5 Å². The van der Waals surface area contributed by atoms with Crippen molar-refractivity contribution in [2.75, 3.05) is 33.9 Å². The number of methoxy groups -OCH3 is 1. The van der Waals surface area contributed by atoms with Crippen LogP contribution < -0.4 is 0 Å². The van der Waals surface area contributed by atoms with Crippen molar-refractivity contribution >= 4 is 5.78 Å². The molecule has 0 saturated heterocycles. The lowest BCUT2D eigenvalue weighted by Crippen LogP contribution is -2.27. The molecule has 0 spiro atoms. The van der Waals surface area contributed by atoms with Crippen LogP contribution >= 0.6 is 0 Å². The van der Waals surface area contributed by atoms with Crippen LogP contribution in [0.4, 0.5) is 0 Å². The van der Waals surface area contributed by atoms with Crippen LogP contribution in [0.3, 0.4) is 0 Å². The van der Waals surface area contributed by atoms with Crippen molar-refractivity contribution < 1.29 is 9.53 Å². The van der Waals surface area contributed by atoms with Gasteiger partial charge in [-0.3, -0.25) is 9.69 Å². The maximum Gasteiger partial charge on any atom is 0.172 e. The summed E-state index contributed by atoms with van der Waals surface area (Å²) >= 11 is 0. The topological polar surface area (TPSA) is 29.5 Å². The molecule has 0 fully saturated rings. The zero-order chi connectivity index (χ0) is 7.98. The van der Waals surface area contributed by atoms with Crippen LogP contribution in [0.1, 0.15) is 6.92 Å². The highest BCUT2D eigenvalue weighted by molar-refractivity contribution is 5.81. The monoisotopic (exact) mass is 145 g/mol. The Labute approximate surface area is 62.0 Å². The molecular formula is C7H15NO2. The number of carbonyl (C=O) groups excluding carboxylic acids is 1. The van der Waals surface area contributed by atoms with Gasteiger partial charge >= 0.3 is 0 Å². The van der Waals surface area contributed by atoms with Gasteiger partial charge in [-0.25, -0.2) is 0 Å². The number of ketones is 1. The molecule has 0 radical (unpaired) electrons. The lowest BCUT2D eigenvalue weighted by molar-refractivity contribution is -0.123. The smallest absolute Gasteiger partial charge is 0.172 e. The lowest BCUT2D eigenvalue weighted by Gasteiger charge is -2.11. The maximum atomic E-state index is 10.8. The molecule has 0 rings (SSSR count). The molecule has 60 valence electrons. The fraction of sp³-hybridized carbons (Fsp3) is 0.857. The molecule has 0 N–H and O–H groups in total. The summed E-state index contributed by atoms with van der Waals surface area (Å²) in [4.78, 5) is 12.8. The number of rotatable bonds is 5. The molecule has 0 amide bonds. The predicted molar refractivity (Wildman–Crippen MR) is 40.1 cm³/mol. The van der Waals surface area contributed by atoms with E-state index < -0.39 is 0 Å². The highest BCUT2D eigenvalue weighted by Gasteiger charge is 2.02. The number of nitrogens with zero attached hydrogens (tertiary/aromatic N) is 1. The minimum atomic E-state index is 0.131. The molecule has 0 aromatic carbocycles. The maximum absolute atomic E-state index is 10.8.